The highest BCUT2D eigenvalue weighted by molar-refractivity contribution is 5.56. The van der Waals surface area contributed by atoms with Gasteiger partial charge in [-0.1, -0.05) is 31.5 Å². The second kappa shape index (κ2) is 8.84. The first-order valence-corrected chi connectivity index (χ1v) is 8.85. The number of nitrogens with one attached hydrogen (secondary N) is 1. The van der Waals surface area contributed by atoms with E-state index in [0.717, 1.165) is 55.6 Å². The first kappa shape index (κ1) is 18.5. The van der Waals surface area contributed by atoms with Gasteiger partial charge in [-0.05, 0) is 79.6 Å². The zero-order valence-corrected chi connectivity index (χ0v) is 15.1. The molecule has 0 bridgehead atoms. The van der Waals surface area contributed by atoms with E-state index in [1.807, 2.05) is 13.0 Å². The van der Waals surface area contributed by atoms with Crippen LogP contribution in [0.25, 0.3) is 0 Å². The van der Waals surface area contributed by atoms with Crippen LogP contribution in [0.2, 0.25) is 0 Å². The van der Waals surface area contributed by atoms with Crippen molar-refractivity contribution in [1.82, 2.24) is 5.32 Å². The molecule has 0 fully saturated rings. The van der Waals surface area contributed by atoms with E-state index >= 15 is 0 Å². The van der Waals surface area contributed by atoms with E-state index in [-0.39, 0.29) is 5.82 Å². The van der Waals surface area contributed by atoms with Gasteiger partial charge in [-0.3, -0.25) is 0 Å². The third-order valence-corrected chi connectivity index (χ3v) is 4.66. The molecule has 0 unspecified atom stereocenters. The molecule has 0 radical (unpaired) electrons. The molecule has 0 amide bonds. The summed E-state index contributed by atoms with van der Waals surface area (Å²) in [6.07, 6.45) is 4.04. The fraction of sp³-hybridized carbons (Fsp3) is 0.429. The van der Waals surface area contributed by atoms with E-state index in [1.54, 1.807) is 6.07 Å². The van der Waals surface area contributed by atoms with E-state index < -0.39 is 0 Å². The molecule has 3 N–H and O–H groups in total. The largest absolute Gasteiger partial charge is 0.398 e. The first-order valence-electron chi connectivity index (χ1n) is 8.85. The summed E-state index contributed by atoms with van der Waals surface area (Å²) in [5.74, 6) is -0.151. The summed E-state index contributed by atoms with van der Waals surface area (Å²) in [7, 11) is 0. The van der Waals surface area contributed by atoms with Gasteiger partial charge in [0, 0.05) is 12.2 Å². The standard InChI is InChI=1S/C21H29FN2/c1-4-6-17-9-10-19(16(3)21(17)23)14-24-12-5-7-18-13-20(22)11-8-15(18)2/h8-11,13,24H,4-7,12,14,23H2,1-3H3. The number of nitrogens with two attached hydrogens (primary N) is 1. The van der Waals surface area contributed by atoms with Crippen molar-refractivity contribution in [2.24, 2.45) is 0 Å². The normalized spacial score (nSPS) is 11.0. The van der Waals surface area contributed by atoms with Crippen LogP contribution in [-0.2, 0) is 19.4 Å². The molecular formula is C21H29FN2. The minimum Gasteiger partial charge on any atom is -0.398 e. The molecule has 0 aliphatic rings. The fourth-order valence-corrected chi connectivity index (χ4v) is 3.04. The summed E-state index contributed by atoms with van der Waals surface area (Å²) in [6.45, 7) is 8.04. The molecular weight excluding hydrogens is 299 g/mol. The van der Waals surface area contributed by atoms with Crippen LogP contribution < -0.4 is 11.1 Å². The average Bonchev–Trinajstić information content (AvgIpc) is 2.56. The van der Waals surface area contributed by atoms with Crippen molar-refractivity contribution < 1.29 is 4.39 Å². The van der Waals surface area contributed by atoms with Gasteiger partial charge in [0.2, 0.25) is 0 Å². The van der Waals surface area contributed by atoms with Crippen LogP contribution >= 0.6 is 0 Å². The van der Waals surface area contributed by atoms with E-state index in [9.17, 15) is 4.39 Å². The van der Waals surface area contributed by atoms with Gasteiger partial charge < -0.3 is 11.1 Å². The molecule has 0 heterocycles. The third-order valence-electron chi connectivity index (χ3n) is 4.66. The van der Waals surface area contributed by atoms with Crippen molar-refractivity contribution in [2.75, 3.05) is 12.3 Å². The van der Waals surface area contributed by atoms with Gasteiger partial charge in [0.1, 0.15) is 5.82 Å². The summed E-state index contributed by atoms with van der Waals surface area (Å²) < 4.78 is 13.3. The summed E-state index contributed by atoms with van der Waals surface area (Å²) in [6, 6.07) is 9.35. The highest BCUT2D eigenvalue weighted by Gasteiger charge is 2.06. The summed E-state index contributed by atoms with van der Waals surface area (Å²) >= 11 is 0. The molecule has 0 spiro atoms. The highest BCUT2D eigenvalue weighted by Crippen LogP contribution is 2.22. The second-order valence-electron chi connectivity index (χ2n) is 6.52. The molecule has 3 heteroatoms. The number of rotatable bonds is 8. The molecule has 2 nitrogen and oxygen atoms in total. The highest BCUT2D eigenvalue weighted by atomic mass is 19.1. The number of halogens is 1. The molecule has 2 aromatic rings. The Hall–Kier alpha value is -1.87. The predicted octanol–water partition coefficient (Wildman–Crippen LogP) is 4.70. The Morgan fingerprint density at radius 2 is 1.75 bits per heavy atom. The molecule has 0 aliphatic heterocycles. The molecule has 2 aromatic carbocycles. The third kappa shape index (κ3) is 4.81. The van der Waals surface area contributed by atoms with Crippen molar-refractivity contribution in [3.63, 3.8) is 0 Å². The fourth-order valence-electron chi connectivity index (χ4n) is 3.04. The van der Waals surface area contributed by atoms with Crippen molar-refractivity contribution in [3.8, 4) is 0 Å². The summed E-state index contributed by atoms with van der Waals surface area (Å²) in [5, 5.41) is 3.48. The Morgan fingerprint density at radius 1 is 1.00 bits per heavy atom. The lowest BCUT2D eigenvalue weighted by atomic mass is 9.99. The number of hydrogen-bond acceptors (Lipinski definition) is 2. The second-order valence-corrected chi connectivity index (χ2v) is 6.52. The van der Waals surface area contributed by atoms with Gasteiger partial charge in [0.15, 0.2) is 0 Å². The van der Waals surface area contributed by atoms with Gasteiger partial charge in [0.05, 0.1) is 0 Å². The molecule has 0 saturated carbocycles. The maximum Gasteiger partial charge on any atom is 0.123 e. The van der Waals surface area contributed by atoms with Crippen LogP contribution in [0, 0.1) is 19.7 Å². The van der Waals surface area contributed by atoms with Gasteiger partial charge in [0.25, 0.3) is 0 Å². The zero-order valence-electron chi connectivity index (χ0n) is 15.1. The van der Waals surface area contributed by atoms with E-state index in [1.165, 1.54) is 22.8 Å². The first-order chi connectivity index (χ1) is 11.5. The van der Waals surface area contributed by atoms with Gasteiger partial charge in [-0.2, -0.15) is 0 Å². The Kier molecular flexibility index (Phi) is 6.80. The summed E-state index contributed by atoms with van der Waals surface area (Å²) in [4.78, 5) is 0. The molecule has 2 rings (SSSR count). The maximum absolute atomic E-state index is 13.3. The van der Waals surface area contributed by atoms with Crippen LogP contribution in [0.5, 0.6) is 0 Å². The summed E-state index contributed by atoms with van der Waals surface area (Å²) in [5.41, 5.74) is 13.1. The van der Waals surface area contributed by atoms with Gasteiger partial charge in [-0.25, -0.2) is 4.39 Å². The Labute approximate surface area is 145 Å². The number of aryl methyl sites for hydroxylation is 3. The van der Waals surface area contributed by atoms with Crippen molar-refractivity contribution in [1.29, 1.82) is 0 Å². The molecule has 0 saturated heterocycles. The smallest absolute Gasteiger partial charge is 0.123 e. The number of benzene rings is 2. The predicted molar refractivity (Wildman–Crippen MR) is 101 cm³/mol. The van der Waals surface area contributed by atoms with Crippen LogP contribution in [0.3, 0.4) is 0 Å². The lowest BCUT2D eigenvalue weighted by molar-refractivity contribution is 0.618. The minimum absolute atomic E-state index is 0.151. The molecule has 130 valence electrons. The molecule has 0 atom stereocenters. The quantitative estimate of drug-likeness (QED) is 0.544. The van der Waals surface area contributed by atoms with E-state index in [0.29, 0.717) is 0 Å². The molecule has 24 heavy (non-hydrogen) atoms. The van der Waals surface area contributed by atoms with Crippen molar-refractivity contribution in [3.05, 3.63) is 64.0 Å². The monoisotopic (exact) mass is 328 g/mol. The van der Waals surface area contributed by atoms with Crippen molar-refractivity contribution in [2.45, 2.75) is 53.0 Å². The molecule has 0 aromatic heterocycles. The Bertz CT molecular complexity index is 680. The SMILES string of the molecule is CCCc1ccc(CNCCCc2cc(F)ccc2C)c(C)c1N. The number of anilines is 1. The van der Waals surface area contributed by atoms with E-state index in [2.05, 4.69) is 31.3 Å². The van der Waals surface area contributed by atoms with Crippen LogP contribution in [0.4, 0.5) is 10.1 Å². The molecule has 0 aliphatic carbocycles. The van der Waals surface area contributed by atoms with Gasteiger partial charge >= 0.3 is 0 Å². The Morgan fingerprint density at radius 3 is 2.50 bits per heavy atom. The zero-order chi connectivity index (χ0) is 17.5. The van der Waals surface area contributed by atoms with Gasteiger partial charge in [-0.15, -0.1) is 0 Å². The van der Waals surface area contributed by atoms with Crippen LogP contribution in [0.15, 0.2) is 30.3 Å². The lowest BCUT2D eigenvalue weighted by Gasteiger charge is -2.14. The van der Waals surface area contributed by atoms with Crippen LogP contribution in [0.1, 0.15) is 47.6 Å². The topological polar surface area (TPSA) is 38.0 Å². The Balaban J connectivity index is 1.82. The number of hydrogen-bond donors (Lipinski definition) is 2. The minimum atomic E-state index is -0.151. The average molecular weight is 328 g/mol. The van der Waals surface area contributed by atoms with Crippen LogP contribution in [-0.4, -0.2) is 6.54 Å². The van der Waals surface area contributed by atoms with Crippen molar-refractivity contribution >= 4 is 5.69 Å². The lowest BCUT2D eigenvalue weighted by Crippen LogP contribution is -2.17. The number of nitrogen functional groups attached to an aromatic ring is 1. The van der Waals surface area contributed by atoms with E-state index in [4.69, 9.17) is 5.73 Å². The maximum atomic E-state index is 13.3.